The van der Waals surface area contributed by atoms with Gasteiger partial charge < -0.3 is 18.4 Å². The number of carbonyl (C=O) groups is 2. The van der Waals surface area contributed by atoms with Gasteiger partial charge >= 0.3 is 5.97 Å². The van der Waals surface area contributed by atoms with Crippen LogP contribution in [0.4, 0.5) is 0 Å². The fourth-order valence-corrected chi connectivity index (χ4v) is 16.0. The molecule has 4 aromatic rings. The summed E-state index contributed by atoms with van der Waals surface area (Å²) in [6.07, 6.45) is -0.396. The molecule has 2 atom stereocenters. The van der Waals surface area contributed by atoms with E-state index in [2.05, 4.69) is 90.1 Å². The van der Waals surface area contributed by atoms with Gasteiger partial charge in [0.25, 0.3) is 16.6 Å². The van der Waals surface area contributed by atoms with Crippen LogP contribution in [-0.2, 0) is 23.2 Å². The second-order valence-electron chi connectivity index (χ2n) is 13.9. The van der Waals surface area contributed by atoms with Crippen molar-refractivity contribution in [2.24, 2.45) is 0 Å². The molecule has 0 N–H and O–H groups in total. The number of carbonyl (C=O) groups excluding carboxylic acids is 2. The van der Waals surface area contributed by atoms with Crippen LogP contribution >= 0.6 is 0 Å². The molecule has 5 nitrogen and oxygen atoms in total. The zero-order valence-electron chi connectivity index (χ0n) is 28.2. The van der Waals surface area contributed by atoms with Crippen LogP contribution in [0.1, 0.15) is 54.4 Å². The van der Waals surface area contributed by atoms with Crippen LogP contribution in [0.25, 0.3) is 0 Å². The first kappa shape index (κ1) is 35.2. The first-order valence-corrected chi connectivity index (χ1v) is 19.8. The molecule has 0 heterocycles. The normalized spacial score (nSPS) is 13.9. The Balaban J connectivity index is 1.85. The average Bonchev–Trinajstić information content (AvgIpc) is 3.05. The SMILES string of the molecule is COC(=O)CC(CC(C=O)O[Si](c1ccccc1)(c1ccccc1)C(C)(C)C)O[Si](c1ccccc1)(c1ccccc1)C(C)(C)C. The number of esters is 1. The van der Waals surface area contributed by atoms with Crippen LogP contribution in [0.2, 0.25) is 10.1 Å². The van der Waals surface area contributed by atoms with Gasteiger partial charge in [-0.2, -0.15) is 0 Å². The topological polar surface area (TPSA) is 61.8 Å². The molecule has 0 aliphatic rings. The Labute approximate surface area is 277 Å². The van der Waals surface area contributed by atoms with E-state index in [0.717, 1.165) is 27.0 Å². The third kappa shape index (κ3) is 7.34. The molecule has 46 heavy (non-hydrogen) atoms. The van der Waals surface area contributed by atoms with E-state index in [9.17, 15) is 9.59 Å². The highest BCUT2D eigenvalue weighted by molar-refractivity contribution is 7.00. The smallest absolute Gasteiger partial charge is 0.308 e. The van der Waals surface area contributed by atoms with Gasteiger partial charge in [-0.05, 0) is 30.8 Å². The lowest BCUT2D eigenvalue weighted by Crippen LogP contribution is -2.69. The number of benzene rings is 4. The van der Waals surface area contributed by atoms with E-state index in [1.165, 1.54) is 7.11 Å². The van der Waals surface area contributed by atoms with Crippen molar-refractivity contribution in [2.45, 2.75) is 76.7 Å². The summed E-state index contributed by atoms with van der Waals surface area (Å²) in [4.78, 5) is 26.1. The average molecular weight is 653 g/mol. The molecule has 0 aromatic heterocycles. The maximum absolute atomic E-state index is 13.1. The fourth-order valence-electron chi connectivity index (χ4n) is 6.69. The standard InChI is InChI=1S/C39H48O5Si2/c1-38(2,3)45(33-20-12-8-13-21-33,34-22-14-9-15-23-34)43-31(29-37(41)42-7)28-32(30-40)44-46(39(4,5)6,35-24-16-10-17-25-35)36-26-18-11-19-27-36/h8-27,30-32H,28-29H2,1-7H3. The first-order valence-electron chi connectivity index (χ1n) is 16.0. The Bertz CT molecular complexity index is 1450. The highest BCUT2D eigenvalue weighted by Crippen LogP contribution is 2.40. The van der Waals surface area contributed by atoms with Gasteiger partial charge in [-0.3, -0.25) is 4.79 Å². The van der Waals surface area contributed by atoms with E-state index < -0.39 is 34.8 Å². The zero-order chi connectivity index (χ0) is 33.4. The van der Waals surface area contributed by atoms with E-state index in [1.807, 2.05) is 72.8 Å². The van der Waals surface area contributed by atoms with Crippen molar-refractivity contribution in [2.75, 3.05) is 7.11 Å². The summed E-state index contributed by atoms with van der Waals surface area (Å²) >= 11 is 0. The lowest BCUT2D eigenvalue weighted by atomic mass is 10.1. The lowest BCUT2D eigenvalue weighted by molar-refractivity contribution is -0.143. The molecule has 0 saturated heterocycles. The maximum Gasteiger partial charge on any atom is 0.308 e. The molecule has 0 fully saturated rings. The van der Waals surface area contributed by atoms with Gasteiger partial charge in [-0.25, -0.2) is 0 Å². The van der Waals surface area contributed by atoms with Crippen molar-refractivity contribution < 1.29 is 23.2 Å². The highest BCUT2D eigenvalue weighted by atomic mass is 28.4. The van der Waals surface area contributed by atoms with Crippen molar-refractivity contribution in [3.8, 4) is 0 Å². The van der Waals surface area contributed by atoms with Crippen molar-refractivity contribution >= 4 is 49.6 Å². The molecule has 0 aliphatic carbocycles. The van der Waals surface area contributed by atoms with Crippen molar-refractivity contribution in [1.29, 1.82) is 0 Å². The van der Waals surface area contributed by atoms with E-state index in [1.54, 1.807) is 0 Å². The van der Waals surface area contributed by atoms with Crippen LogP contribution < -0.4 is 20.7 Å². The van der Waals surface area contributed by atoms with Crippen LogP contribution in [-0.4, -0.2) is 48.2 Å². The van der Waals surface area contributed by atoms with Gasteiger partial charge in [0, 0.05) is 6.42 Å². The van der Waals surface area contributed by atoms with Gasteiger partial charge in [-0.15, -0.1) is 0 Å². The zero-order valence-corrected chi connectivity index (χ0v) is 30.2. The molecule has 4 aromatic carbocycles. The summed E-state index contributed by atoms with van der Waals surface area (Å²) < 4.78 is 19.8. The number of aldehydes is 1. The summed E-state index contributed by atoms with van der Waals surface area (Å²) in [5.74, 6) is -0.391. The Morgan fingerprint density at radius 3 is 1.22 bits per heavy atom. The minimum atomic E-state index is -3.06. The van der Waals surface area contributed by atoms with Crippen molar-refractivity contribution in [3.05, 3.63) is 121 Å². The number of rotatable bonds is 13. The molecule has 0 bridgehead atoms. The van der Waals surface area contributed by atoms with Crippen molar-refractivity contribution in [1.82, 2.24) is 0 Å². The molecule has 7 heteroatoms. The van der Waals surface area contributed by atoms with Crippen molar-refractivity contribution in [3.63, 3.8) is 0 Å². The molecule has 0 saturated carbocycles. The third-order valence-electron chi connectivity index (χ3n) is 8.77. The number of hydrogen-bond acceptors (Lipinski definition) is 5. The summed E-state index contributed by atoms with van der Waals surface area (Å²) in [7, 11) is -4.74. The summed E-state index contributed by atoms with van der Waals surface area (Å²) in [6.45, 7) is 13.2. The maximum atomic E-state index is 13.1. The number of hydrogen-bond donors (Lipinski definition) is 0. The van der Waals surface area contributed by atoms with Gasteiger partial charge in [0.1, 0.15) is 12.4 Å². The largest absolute Gasteiger partial charge is 0.469 e. The predicted molar refractivity (Wildman–Crippen MR) is 192 cm³/mol. The molecule has 0 spiro atoms. The van der Waals surface area contributed by atoms with Gasteiger partial charge in [0.05, 0.1) is 19.6 Å². The third-order valence-corrected chi connectivity index (χ3v) is 18.9. The monoisotopic (exact) mass is 652 g/mol. The molecule has 4 rings (SSSR count). The van der Waals surface area contributed by atoms with Crippen LogP contribution in [0.3, 0.4) is 0 Å². The minimum Gasteiger partial charge on any atom is -0.469 e. The Kier molecular flexibility index (Phi) is 11.4. The first-order chi connectivity index (χ1) is 21.9. The molecule has 242 valence electrons. The Morgan fingerprint density at radius 2 is 0.935 bits per heavy atom. The predicted octanol–water partition coefficient (Wildman–Crippen LogP) is 6.03. The van der Waals surface area contributed by atoms with Gasteiger partial charge in [0.2, 0.25) is 0 Å². The highest BCUT2D eigenvalue weighted by Gasteiger charge is 2.54. The van der Waals surface area contributed by atoms with E-state index >= 15 is 0 Å². The van der Waals surface area contributed by atoms with Gasteiger partial charge in [-0.1, -0.05) is 163 Å². The summed E-state index contributed by atoms with van der Waals surface area (Å²) in [5, 5.41) is 3.71. The molecule has 2 unspecified atom stereocenters. The molecule has 0 radical (unpaired) electrons. The fraction of sp³-hybridized carbons (Fsp3) is 0.333. The molecule has 0 amide bonds. The molecule has 0 aliphatic heterocycles. The summed E-state index contributed by atoms with van der Waals surface area (Å²) in [6, 6.07) is 41.1. The minimum absolute atomic E-state index is 0.00452. The number of ether oxygens (including phenoxy) is 1. The second-order valence-corrected chi connectivity index (χ2v) is 22.4. The number of methoxy groups -OCH3 is 1. The van der Waals surface area contributed by atoms with Gasteiger partial charge in [0.15, 0.2) is 0 Å². The van der Waals surface area contributed by atoms with E-state index in [4.69, 9.17) is 13.6 Å². The van der Waals surface area contributed by atoms with Crippen LogP contribution in [0.15, 0.2) is 121 Å². The summed E-state index contributed by atoms with van der Waals surface area (Å²) in [5.41, 5.74) is 0. The second kappa shape index (κ2) is 14.9. The Morgan fingerprint density at radius 1 is 0.609 bits per heavy atom. The Hall–Kier alpha value is -3.63. The molecular formula is C39H48O5Si2. The van der Waals surface area contributed by atoms with E-state index in [0.29, 0.717) is 0 Å². The van der Waals surface area contributed by atoms with E-state index in [-0.39, 0.29) is 22.9 Å². The molecular weight excluding hydrogens is 605 g/mol. The quantitative estimate of drug-likeness (QED) is 0.100. The van der Waals surface area contributed by atoms with Crippen LogP contribution in [0.5, 0.6) is 0 Å². The van der Waals surface area contributed by atoms with Crippen LogP contribution in [0, 0.1) is 0 Å². The lowest BCUT2D eigenvalue weighted by Gasteiger charge is -2.46.